The van der Waals surface area contributed by atoms with Crippen LogP contribution in [0.3, 0.4) is 0 Å². The highest BCUT2D eigenvalue weighted by molar-refractivity contribution is 5.68. The molecule has 4 nitrogen and oxygen atoms in total. The van der Waals surface area contributed by atoms with Gasteiger partial charge >= 0.3 is 6.09 Å². The van der Waals surface area contributed by atoms with Gasteiger partial charge in [-0.15, -0.1) is 0 Å². The monoisotopic (exact) mass is 282 g/mol. The van der Waals surface area contributed by atoms with E-state index in [0.717, 1.165) is 26.1 Å². The number of nitrogens with zero attached hydrogens (tertiary/aromatic N) is 1. The quantitative estimate of drug-likeness (QED) is 0.861. The van der Waals surface area contributed by atoms with E-state index in [1.54, 1.807) is 0 Å². The summed E-state index contributed by atoms with van der Waals surface area (Å²) < 4.78 is 5.43. The van der Waals surface area contributed by atoms with Crippen molar-refractivity contribution in [1.29, 1.82) is 0 Å². The van der Waals surface area contributed by atoms with Gasteiger partial charge in [0.1, 0.15) is 5.60 Å². The van der Waals surface area contributed by atoms with Crippen molar-refractivity contribution < 1.29 is 9.53 Å². The fraction of sp³-hybridized carbons (Fsp3) is 0.938. The molecule has 1 saturated heterocycles. The SMILES string of the molecule is CCC1(CNC2CCN(C(=O)OC(C)(C)C)C2)CCC1. The summed E-state index contributed by atoms with van der Waals surface area (Å²) in [4.78, 5) is 13.8. The van der Waals surface area contributed by atoms with E-state index < -0.39 is 5.60 Å². The second-order valence-electron chi connectivity index (χ2n) is 7.50. The molecule has 1 N–H and O–H groups in total. The molecule has 1 heterocycles. The van der Waals surface area contributed by atoms with Crippen molar-refractivity contribution in [3.63, 3.8) is 0 Å². The van der Waals surface area contributed by atoms with E-state index in [1.165, 1.54) is 25.7 Å². The molecular formula is C16H30N2O2. The summed E-state index contributed by atoms with van der Waals surface area (Å²) in [6.45, 7) is 10.7. The van der Waals surface area contributed by atoms with Gasteiger partial charge in [0.25, 0.3) is 0 Å². The number of likely N-dealkylation sites (tertiary alicyclic amines) is 1. The average Bonchev–Trinajstić information content (AvgIpc) is 2.75. The summed E-state index contributed by atoms with van der Waals surface area (Å²) >= 11 is 0. The maximum Gasteiger partial charge on any atom is 0.410 e. The number of carbonyl (C=O) groups is 1. The molecule has 2 rings (SSSR count). The zero-order valence-corrected chi connectivity index (χ0v) is 13.5. The molecule has 4 heteroatoms. The van der Waals surface area contributed by atoms with Gasteiger partial charge in [0, 0.05) is 25.7 Å². The van der Waals surface area contributed by atoms with Crippen LogP contribution in [-0.4, -0.2) is 42.3 Å². The Labute approximate surface area is 123 Å². The molecule has 0 aromatic heterocycles. The number of rotatable bonds is 4. The lowest BCUT2D eigenvalue weighted by molar-refractivity contribution is 0.0289. The second-order valence-corrected chi connectivity index (χ2v) is 7.50. The Bertz CT molecular complexity index is 339. The summed E-state index contributed by atoms with van der Waals surface area (Å²) in [7, 11) is 0. The van der Waals surface area contributed by atoms with E-state index in [0.29, 0.717) is 11.5 Å². The first-order chi connectivity index (χ1) is 9.34. The van der Waals surface area contributed by atoms with E-state index in [4.69, 9.17) is 4.74 Å². The largest absolute Gasteiger partial charge is 0.444 e. The van der Waals surface area contributed by atoms with Crippen LogP contribution >= 0.6 is 0 Å². The Hall–Kier alpha value is -0.770. The van der Waals surface area contributed by atoms with Crippen molar-refractivity contribution in [2.45, 2.75) is 71.4 Å². The maximum absolute atomic E-state index is 12.0. The summed E-state index contributed by atoms with van der Waals surface area (Å²) in [6.07, 6.45) is 6.24. The standard InChI is InChI=1S/C16H30N2O2/c1-5-16(8-6-9-16)12-17-13-7-10-18(11-13)14(19)20-15(2,3)4/h13,17H,5-12H2,1-4H3. The van der Waals surface area contributed by atoms with Crippen LogP contribution in [0.1, 0.15) is 59.8 Å². The first kappa shape index (κ1) is 15.6. The molecule has 1 amide bonds. The highest BCUT2D eigenvalue weighted by Gasteiger charge is 2.36. The van der Waals surface area contributed by atoms with Crippen molar-refractivity contribution in [3.8, 4) is 0 Å². The third kappa shape index (κ3) is 3.87. The van der Waals surface area contributed by atoms with Gasteiger partial charge in [0.2, 0.25) is 0 Å². The molecule has 0 aromatic rings. The topological polar surface area (TPSA) is 41.6 Å². The van der Waals surface area contributed by atoms with Crippen LogP contribution in [-0.2, 0) is 4.74 Å². The Morgan fingerprint density at radius 2 is 2.10 bits per heavy atom. The van der Waals surface area contributed by atoms with Crippen molar-refractivity contribution in [2.75, 3.05) is 19.6 Å². The highest BCUT2D eigenvalue weighted by atomic mass is 16.6. The van der Waals surface area contributed by atoms with Crippen molar-refractivity contribution in [3.05, 3.63) is 0 Å². The minimum Gasteiger partial charge on any atom is -0.444 e. The van der Waals surface area contributed by atoms with Crippen molar-refractivity contribution >= 4 is 6.09 Å². The number of amides is 1. The molecule has 1 saturated carbocycles. The smallest absolute Gasteiger partial charge is 0.410 e. The molecule has 1 atom stereocenters. The van der Waals surface area contributed by atoms with Gasteiger partial charge in [0.15, 0.2) is 0 Å². The van der Waals surface area contributed by atoms with E-state index in [-0.39, 0.29) is 6.09 Å². The number of hydrogen-bond donors (Lipinski definition) is 1. The van der Waals surface area contributed by atoms with Crippen LogP contribution in [0.2, 0.25) is 0 Å². The Kier molecular flexibility index (Phi) is 4.62. The number of nitrogens with one attached hydrogen (secondary N) is 1. The Morgan fingerprint density at radius 3 is 2.60 bits per heavy atom. The van der Waals surface area contributed by atoms with Crippen LogP contribution in [0.4, 0.5) is 4.79 Å². The third-order valence-corrected chi connectivity index (χ3v) is 4.77. The predicted octanol–water partition coefficient (Wildman–Crippen LogP) is 3.17. The van der Waals surface area contributed by atoms with Gasteiger partial charge in [-0.3, -0.25) is 0 Å². The zero-order valence-electron chi connectivity index (χ0n) is 13.5. The lowest BCUT2D eigenvalue weighted by Crippen LogP contribution is -2.45. The molecule has 0 bridgehead atoms. The van der Waals surface area contributed by atoms with Gasteiger partial charge in [-0.25, -0.2) is 4.79 Å². The molecule has 0 spiro atoms. The molecule has 0 radical (unpaired) electrons. The lowest BCUT2D eigenvalue weighted by Gasteiger charge is -2.42. The molecule has 1 aliphatic carbocycles. The van der Waals surface area contributed by atoms with Gasteiger partial charge in [-0.05, 0) is 51.9 Å². The third-order valence-electron chi connectivity index (χ3n) is 4.77. The molecule has 116 valence electrons. The number of carbonyl (C=O) groups excluding carboxylic acids is 1. The van der Waals surface area contributed by atoms with E-state index in [9.17, 15) is 4.79 Å². The number of ether oxygens (including phenoxy) is 1. The van der Waals surface area contributed by atoms with Gasteiger partial charge in [0.05, 0.1) is 0 Å². The molecule has 2 fully saturated rings. The Balaban J connectivity index is 1.73. The van der Waals surface area contributed by atoms with Gasteiger partial charge < -0.3 is 15.0 Å². The van der Waals surface area contributed by atoms with Crippen LogP contribution in [0.15, 0.2) is 0 Å². The Morgan fingerprint density at radius 1 is 1.40 bits per heavy atom. The van der Waals surface area contributed by atoms with Gasteiger partial charge in [-0.1, -0.05) is 13.3 Å². The normalized spacial score (nSPS) is 25.4. The van der Waals surface area contributed by atoms with Gasteiger partial charge in [-0.2, -0.15) is 0 Å². The summed E-state index contributed by atoms with van der Waals surface area (Å²) in [5, 5.41) is 3.67. The summed E-state index contributed by atoms with van der Waals surface area (Å²) in [5.74, 6) is 0. The van der Waals surface area contributed by atoms with E-state index >= 15 is 0 Å². The van der Waals surface area contributed by atoms with E-state index in [1.807, 2.05) is 25.7 Å². The number of hydrogen-bond acceptors (Lipinski definition) is 3. The van der Waals surface area contributed by atoms with Crippen LogP contribution in [0.5, 0.6) is 0 Å². The molecule has 1 unspecified atom stereocenters. The van der Waals surface area contributed by atoms with Crippen LogP contribution < -0.4 is 5.32 Å². The average molecular weight is 282 g/mol. The maximum atomic E-state index is 12.0. The zero-order chi connectivity index (χ0) is 14.8. The minimum absolute atomic E-state index is 0.171. The first-order valence-corrected chi connectivity index (χ1v) is 8.05. The van der Waals surface area contributed by atoms with Crippen molar-refractivity contribution in [1.82, 2.24) is 10.2 Å². The highest BCUT2D eigenvalue weighted by Crippen LogP contribution is 2.43. The van der Waals surface area contributed by atoms with Crippen LogP contribution in [0, 0.1) is 5.41 Å². The fourth-order valence-corrected chi connectivity index (χ4v) is 3.11. The summed E-state index contributed by atoms with van der Waals surface area (Å²) in [6, 6.07) is 0.437. The molecule has 0 aromatic carbocycles. The molecule has 20 heavy (non-hydrogen) atoms. The van der Waals surface area contributed by atoms with Crippen LogP contribution in [0.25, 0.3) is 0 Å². The lowest BCUT2D eigenvalue weighted by atomic mass is 9.67. The summed E-state index contributed by atoms with van der Waals surface area (Å²) in [5.41, 5.74) is 0.139. The minimum atomic E-state index is -0.402. The molecule has 2 aliphatic rings. The molecular weight excluding hydrogens is 252 g/mol. The first-order valence-electron chi connectivity index (χ1n) is 8.05. The second kappa shape index (κ2) is 5.92. The predicted molar refractivity (Wildman–Crippen MR) is 80.8 cm³/mol. The fourth-order valence-electron chi connectivity index (χ4n) is 3.11. The van der Waals surface area contributed by atoms with Crippen molar-refractivity contribution in [2.24, 2.45) is 5.41 Å². The molecule has 1 aliphatic heterocycles. The van der Waals surface area contributed by atoms with E-state index in [2.05, 4.69) is 12.2 Å².